The largest absolute Gasteiger partial charge is 0.543 e. The average Bonchev–Trinajstić information content (AvgIpc) is 3.29. The van der Waals surface area contributed by atoms with Gasteiger partial charge in [-0.2, -0.15) is 0 Å². The molecule has 3 amide bonds. The fraction of sp³-hybridized carbons (Fsp3) is 0.727. The highest BCUT2D eigenvalue weighted by atomic mass is 32.2. The second-order valence-corrected chi connectivity index (χ2v) is 11.5. The number of carbonyl (C=O) groups is 4. The van der Waals surface area contributed by atoms with Gasteiger partial charge < -0.3 is 40.3 Å². The molecule has 4 aliphatic heterocycles. The van der Waals surface area contributed by atoms with Crippen LogP contribution in [0.25, 0.3) is 0 Å². The van der Waals surface area contributed by atoms with Crippen molar-refractivity contribution in [3.63, 3.8) is 0 Å². The van der Waals surface area contributed by atoms with E-state index in [0.29, 0.717) is 48.5 Å². The molecule has 0 saturated carbocycles. The third kappa shape index (κ3) is 4.32. The highest BCUT2D eigenvalue weighted by Crippen LogP contribution is 2.51. The number of aliphatic hydroxyl groups is 1. The van der Waals surface area contributed by atoms with Gasteiger partial charge in [0.05, 0.1) is 69.0 Å². The molecule has 4 rings (SSSR count). The van der Waals surface area contributed by atoms with Crippen molar-refractivity contribution < 1.29 is 33.9 Å². The minimum atomic E-state index is -1.39. The first-order chi connectivity index (χ1) is 15.9. The van der Waals surface area contributed by atoms with Crippen LogP contribution < -0.4 is 16.2 Å². The number of hydrogen-bond acceptors (Lipinski definition) is 8. The van der Waals surface area contributed by atoms with Crippen LogP contribution in [0.4, 0.5) is 0 Å². The first kappa shape index (κ1) is 25.0. The Balaban J connectivity index is 1.38. The first-order valence-electron chi connectivity index (χ1n) is 11.7. The van der Waals surface area contributed by atoms with Crippen molar-refractivity contribution in [3.8, 4) is 0 Å². The Morgan fingerprint density at radius 1 is 1.32 bits per heavy atom. The van der Waals surface area contributed by atoms with E-state index >= 15 is 0 Å². The third-order valence-electron chi connectivity index (χ3n) is 7.65. The molecule has 0 aromatic heterocycles. The Morgan fingerprint density at radius 2 is 1.97 bits per heavy atom. The predicted molar refractivity (Wildman–Crippen MR) is 121 cm³/mol. The van der Waals surface area contributed by atoms with Crippen molar-refractivity contribution >= 4 is 35.5 Å². The summed E-state index contributed by atoms with van der Waals surface area (Å²) in [7, 11) is 1.97. The number of likely N-dealkylation sites (N-methyl/N-ethyl adjacent to an activating group) is 1. The fourth-order valence-electron chi connectivity index (χ4n) is 5.75. The number of rotatable bonds is 7. The number of carboxylic acids is 1. The maximum absolute atomic E-state index is 13.1. The van der Waals surface area contributed by atoms with Gasteiger partial charge in [-0.25, -0.2) is 0 Å². The standard InChI is InChI=1S/C22H33N5O6S/c1-11-17-16(12(2)28)21(31)26(17)18(22(32)33)19(11)34-13-8-14(24-9-13)20(30)25-4-6-27(3,7-5-25)10-15(23)29/h11-14,16-17,24,28H,4-10H2,1-3H3,(H2-,23,29,32,33)/t11-,12-,13+,14+,16-,17-/m1/s1. The lowest BCUT2D eigenvalue weighted by atomic mass is 9.79. The Bertz CT molecular complexity index is 931. The van der Waals surface area contributed by atoms with E-state index in [1.807, 2.05) is 18.9 Å². The number of amides is 3. The van der Waals surface area contributed by atoms with Gasteiger partial charge in [0.1, 0.15) is 0 Å². The van der Waals surface area contributed by atoms with E-state index in [2.05, 4.69) is 5.32 Å². The molecule has 0 unspecified atom stereocenters. The smallest absolute Gasteiger partial charge is 0.272 e. The zero-order valence-corrected chi connectivity index (χ0v) is 20.5. The number of piperazine rings is 1. The average molecular weight is 496 g/mol. The van der Waals surface area contributed by atoms with E-state index in [4.69, 9.17) is 5.73 Å². The lowest BCUT2D eigenvalue weighted by Gasteiger charge is -2.47. The number of hydrogen-bond donors (Lipinski definition) is 3. The molecule has 0 aromatic carbocycles. The number of fused-ring (bicyclic) bond motifs is 1. The van der Waals surface area contributed by atoms with E-state index in [1.165, 1.54) is 16.7 Å². The molecular formula is C22H33N5O6S. The summed E-state index contributed by atoms with van der Waals surface area (Å²) < 4.78 is 0.525. The number of β-lactam (4-membered cyclic amide) rings is 1. The van der Waals surface area contributed by atoms with E-state index in [-0.39, 0.29) is 53.2 Å². The van der Waals surface area contributed by atoms with Crippen molar-refractivity contribution in [3.05, 3.63) is 10.6 Å². The molecule has 34 heavy (non-hydrogen) atoms. The van der Waals surface area contributed by atoms with Crippen LogP contribution in [0.1, 0.15) is 20.3 Å². The quantitative estimate of drug-likeness (QED) is 0.250. The summed E-state index contributed by atoms with van der Waals surface area (Å²) in [6, 6.07) is -0.742. The Kier molecular flexibility index (Phi) is 6.71. The number of nitrogens with two attached hydrogens (primary N) is 1. The maximum atomic E-state index is 13.1. The van der Waals surface area contributed by atoms with E-state index in [1.54, 1.807) is 6.92 Å². The van der Waals surface area contributed by atoms with Crippen LogP contribution in [-0.4, -0.2) is 113 Å². The van der Waals surface area contributed by atoms with Crippen LogP contribution in [0.2, 0.25) is 0 Å². The second kappa shape index (κ2) is 9.14. The Hall–Kier alpha value is -2.15. The summed E-state index contributed by atoms with van der Waals surface area (Å²) in [5, 5.41) is 25.1. The molecule has 3 fully saturated rings. The number of aliphatic hydroxyl groups excluding tert-OH is 1. The molecule has 4 N–H and O–H groups in total. The molecule has 4 heterocycles. The van der Waals surface area contributed by atoms with Gasteiger partial charge in [-0.15, -0.1) is 11.8 Å². The van der Waals surface area contributed by atoms with E-state index in [0.717, 1.165) is 0 Å². The summed E-state index contributed by atoms with van der Waals surface area (Å²) in [5.41, 5.74) is 5.25. The van der Waals surface area contributed by atoms with E-state index in [9.17, 15) is 29.4 Å². The third-order valence-corrected chi connectivity index (χ3v) is 9.16. The zero-order valence-electron chi connectivity index (χ0n) is 19.7. The monoisotopic (exact) mass is 495 g/mol. The lowest BCUT2D eigenvalue weighted by molar-refractivity contribution is -0.905. The topological polar surface area (TPSA) is 156 Å². The lowest BCUT2D eigenvalue weighted by Crippen LogP contribution is -2.64. The highest BCUT2D eigenvalue weighted by molar-refractivity contribution is 8.03. The predicted octanol–water partition coefficient (Wildman–Crippen LogP) is -2.96. The molecule has 188 valence electrons. The van der Waals surface area contributed by atoms with Gasteiger partial charge in [0, 0.05) is 22.6 Å². The number of nitrogens with zero attached hydrogens (tertiary/aromatic N) is 3. The van der Waals surface area contributed by atoms with Gasteiger partial charge in [-0.1, -0.05) is 6.92 Å². The SMILES string of the molecule is C[C@@H](O)[C@H]1C(=O)N2C(C(=O)[O-])=C(S[C@@H]3CN[C@H](C(=O)N4CC[N+](C)(CC(N)=O)CC4)C3)[C@H](C)[C@H]12. The molecule has 0 aliphatic carbocycles. The minimum absolute atomic E-state index is 0.00941. The number of nitrogens with one attached hydrogen (secondary N) is 1. The molecule has 11 nitrogen and oxygen atoms in total. The molecule has 0 aromatic rings. The first-order valence-corrected chi connectivity index (χ1v) is 12.6. The van der Waals surface area contributed by atoms with E-state index < -0.39 is 18.0 Å². The zero-order chi connectivity index (χ0) is 24.9. The van der Waals surface area contributed by atoms with Crippen LogP contribution in [0.3, 0.4) is 0 Å². The van der Waals surface area contributed by atoms with Gasteiger partial charge in [0.25, 0.3) is 5.91 Å². The van der Waals surface area contributed by atoms with Crippen molar-refractivity contribution in [2.24, 2.45) is 17.6 Å². The van der Waals surface area contributed by atoms with Crippen LogP contribution >= 0.6 is 11.8 Å². The molecular weight excluding hydrogens is 462 g/mol. The van der Waals surface area contributed by atoms with Crippen molar-refractivity contribution in [1.82, 2.24) is 15.1 Å². The number of carboxylic acid groups (broad SMARTS) is 1. The van der Waals surface area contributed by atoms with Gasteiger partial charge >= 0.3 is 0 Å². The van der Waals surface area contributed by atoms with Crippen molar-refractivity contribution in [2.45, 2.75) is 43.7 Å². The Morgan fingerprint density at radius 3 is 2.53 bits per heavy atom. The fourth-order valence-corrected chi connectivity index (χ4v) is 7.23. The summed E-state index contributed by atoms with van der Waals surface area (Å²) in [6.07, 6.45) is -0.311. The molecule has 4 aliphatic rings. The summed E-state index contributed by atoms with van der Waals surface area (Å²) in [6.45, 7) is 6.64. The number of quaternary nitrogens is 1. The van der Waals surface area contributed by atoms with Crippen molar-refractivity contribution in [1.29, 1.82) is 0 Å². The van der Waals surface area contributed by atoms with Gasteiger partial charge in [-0.05, 0) is 13.3 Å². The van der Waals surface area contributed by atoms with Gasteiger partial charge in [0.2, 0.25) is 11.8 Å². The van der Waals surface area contributed by atoms with Crippen LogP contribution in [0.15, 0.2) is 10.6 Å². The number of thioether (sulfide) groups is 1. The summed E-state index contributed by atoms with van der Waals surface area (Å²) >= 11 is 1.39. The van der Waals surface area contributed by atoms with Crippen molar-refractivity contribution in [2.75, 3.05) is 46.3 Å². The minimum Gasteiger partial charge on any atom is -0.543 e. The van der Waals surface area contributed by atoms with Crippen LogP contribution in [0.5, 0.6) is 0 Å². The molecule has 0 spiro atoms. The number of carbonyl (C=O) groups excluding carboxylic acids is 4. The van der Waals surface area contributed by atoms with Crippen LogP contribution in [0, 0.1) is 11.8 Å². The molecule has 6 atom stereocenters. The summed E-state index contributed by atoms with van der Waals surface area (Å²) in [5.74, 6) is -2.96. The second-order valence-electron chi connectivity index (χ2n) is 10.2. The molecule has 0 bridgehead atoms. The Labute approximate surface area is 202 Å². The normalized spacial score (nSPS) is 33.5. The molecule has 3 saturated heterocycles. The van der Waals surface area contributed by atoms with Crippen LogP contribution in [-0.2, 0) is 19.2 Å². The highest BCUT2D eigenvalue weighted by Gasteiger charge is 2.59. The number of primary amides is 1. The molecule has 12 heteroatoms. The molecule has 0 radical (unpaired) electrons. The van der Waals surface area contributed by atoms with Gasteiger partial charge in [-0.3, -0.25) is 14.4 Å². The van der Waals surface area contributed by atoms with Gasteiger partial charge in [0.15, 0.2) is 6.54 Å². The number of aliphatic carboxylic acids is 1. The summed E-state index contributed by atoms with van der Waals surface area (Å²) in [4.78, 5) is 52.4. The maximum Gasteiger partial charge on any atom is 0.272 e.